The number of halogens is 3. The predicted octanol–water partition coefficient (Wildman–Crippen LogP) is 4.58. The molecule has 0 N–H and O–H groups in total. The molecule has 0 nitrogen and oxygen atoms in total. The average molecular weight is 195 g/mol. The van der Waals surface area contributed by atoms with Gasteiger partial charge in [-0.3, -0.25) is 0 Å². The molecule has 0 heterocycles. The molecule has 0 aliphatic carbocycles. The molecule has 80 valence electrons. The molecule has 0 aromatic carbocycles. The maximum Gasteiger partial charge on any atom is 0.478 e. The Kier molecular flexibility index (Phi) is 7.20. The quantitative estimate of drug-likeness (QED) is 0.392. The third-order valence-electron chi connectivity index (χ3n) is 2.14. The Balaban J connectivity index is 3.00. The summed E-state index contributed by atoms with van der Waals surface area (Å²) in [5, 5.41) is 0. The average Bonchev–Trinajstić information content (AvgIpc) is 2.01. The van der Waals surface area contributed by atoms with E-state index < -0.39 is 13.3 Å². The Morgan fingerprint density at radius 2 is 1.23 bits per heavy atom. The summed E-state index contributed by atoms with van der Waals surface area (Å²) >= 11 is 0. The molecule has 0 aromatic rings. The van der Waals surface area contributed by atoms with Crippen LogP contribution in [0.2, 0.25) is 6.32 Å². The van der Waals surface area contributed by atoms with Crippen LogP contribution in [0.3, 0.4) is 0 Å². The first kappa shape index (κ1) is 12.9. The molecule has 0 fully saturated rings. The van der Waals surface area contributed by atoms with Gasteiger partial charge in [-0.1, -0.05) is 58.2 Å². The Morgan fingerprint density at radius 3 is 1.69 bits per heavy atom. The van der Waals surface area contributed by atoms with Crippen molar-refractivity contribution in [2.24, 2.45) is 0 Å². The zero-order valence-corrected chi connectivity index (χ0v) is 8.37. The second-order valence-electron chi connectivity index (χ2n) is 3.62. The van der Waals surface area contributed by atoms with Crippen molar-refractivity contribution < 1.29 is 12.9 Å². The summed E-state index contributed by atoms with van der Waals surface area (Å²) in [5.74, 6) is 0. The van der Waals surface area contributed by atoms with Gasteiger partial charge in [-0.05, 0) is 0 Å². The first-order valence-corrected chi connectivity index (χ1v) is 5.27. The number of hydrogen-bond acceptors (Lipinski definition) is 0. The van der Waals surface area contributed by atoms with E-state index in [0.29, 0.717) is 6.42 Å². The molecular weight excluding hydrogens is 176 g/mol. The van der Waals surface area contributed by atoms with E-state index in [9.17, 15) is 12.9 Å². The van der Waals surface area contributed by atoms with Gasteiger partial charge in [0.15, 0.2) is 0 Å². The standard InChI is InChI=1S/C9H19BF3/c1-2-3-4-5-6-7-8-9-10(11,12)13/h2-9H2,1H3/q-1. The fourth-order valence-electron chi connectivity index (χ4n) is 1.33. The van der Waals surface area contributed by atoms with Crippen LogP contribution in [0.5, 0.6) is 0 Å². The summed E-state index contributed by atoms with van der Waals surface area (Å²) in [6.45, 7) is -2.40. The largest absolute Gasteiger partial charge is 0.478 e. The van der Waals surface area contributed by atoms with Crippen LogP contribution in [0.1, 0.15) is 51.9 Å². The second-order valence-corrected chi connectivity index (χ2v) is 3.62. The third-order valence-corrected chi connectivity index (χ3v) is 2.14. The van der Waals surface area contributed by atoms with Gasteiger partial charge >= 0.3 is 6.98 Å². The molecule has 0 radical (unpaired) electrons. The van der Waals surface area contributed by atoms with Gasteiger partial charge in [0.2, 0.25) is 0 Å². The Labute approximate surface area is 79.0 Å². The first-order chi connectivity index (χ1) is 6.06. The van der Waals surface area contributed by atoms with E-state index >= 15 is 0 Å². The lowest BCUT2D eigenvalue weighted by atomic mass is 9.83. The fourth-order valence-corrected chi connectivity index (χ4v) is 1.33. The maximum atomic E-state index is 11.7. The van der Waals surface area contributed by atoms with E-state index in [2.05, 4.69) is 6.92 Å². The molecule has 13 heavy (non-hydrogen) atoms. The van der Waals surface area contributed by atoms with E-state index in [1.54, 1.807) is 0 Å². The summed E-state index contributed by atoms with van der Waals surface area (Å²) in [4.78, 5) is 0. The van der Waals surface area contributed by atoms with Gasteiger partial charge in [0.1, 0.15) is 0 Å². The summed E-state index contributed by atoms with van der Waals surface area (Å²) < 4.78 is 35.2. The van der Waals surface area contributed by atoms with Crippen molar-refractivity contribution in [3.05, 3.63) is 0 Å². The van der Waals surface area contributed by atoms with Crippen molar-refractivity contribution in [2.75, 3.05) is 0 Å². The van der Waals surface area contributed by atoms with Crippen molar-refractivity contribution in [1.82, 2.24) is 0 Å². The van der Waals surface area contributed by atoms with E-state index in [-0.39, 0.29) is 0 Å². The van der Waals surface area contributed by atoms with Crippen LogP contribution < -0.4 is 0 Å². The minimum Gasteiger partial charge on any atom is -0.449 e. The topological polar surface area (TPSA) is 0 Å². The number of rotatable bonds is 8. The van der Waals surface area contributed by atoms with Gasteiger partial charge in [0.25, 0.3) is 0 Å². The molecule has 0 amide bonds. The second kappa shape index (κ2) is 7.28. The predicted molar refractivity (Wildman–Crippen MR) is 51.9 cm³/mol. The van der Waals surface area contributed by atoms with E-state index in [4.69, 9.17) is 0 Å². The summed E-state index contributed by atoms with van der Waals surface area (Å²) in [6, 6.07) is 0. The van der Waals surface area contributed by atoms with Crippen molar-refractivity contribution >= 4 is 6.98 Å². The van der Waals surface area contributed by atoms with Crippen LogP contribution >= 0.6 is 0 Å². The van der Waals surface area contributed by atoms with Crippen LogP contribution in [-0.2, 0) is 0 Å². The molecule has 0 atom stereocenters. The third kappa shape index (κ3) is 11.9. The van der Waals surface area contributed by atoms with Crippen LogP contribution in [0.15, 0.2) is 0 Å². The van der Waals surface area contributed by atoms with Crippen LogP contribution in [0.4, 0.5) is 12.9 Å². The molecule has 0 aromatic heterocycles. The van der Waals surface area contributed by atoms with Gasteiger partial charge in [0, 0.05) is 0 Å². The van der Waals surface area contributed by atoms with Crippen LogP contribution in [0, 0.1) is 0 Å². The SMILES string of the molecule is CCCCCCCCC[B-](F)(F)F. The molecule has 0 aliphatic heterocycles. The van der Waals surface area contributed by atoms with Crippen LogP contribution in [-0.4, -0.2) is 6.98 Å². The van der Waals surface area contributed by atoms with E-state index in [1.807, 2.05) is 0 Å². The zero-order chi connectivity index (χ0) is 10.2. The van der Waals surface area contributed by atoms with Gasteiger partial charge in [-0.25, -0.2) is 0 Å². The maximum absolute atomic E-state index is 11.7. The zero-order valence-electron chi connectivity index (χ0n) is 8.37. The monoisotopic (exact) mass is 195 g/mol. The molecular formula is C9H19BF3-. The minimum absolute atomic E-state index is 0.329. The molecule has 0 saturated heterocycles. The summed E-state index contributed by atoms with van der Waals surface area (Å²) in [6.07, 6.45) is 6.15. The lowest BCUT2D eigenvalue weighted by Gasteiger charge is -2.12. The molecule has 0 unspecified atom stereocenters. The van der Waals surface area contributed by atoms with E-state index in [0.717, 1.165) is 19.3 Å². The molecule has 4 heteroatoms. The minimum atomic E-state index is -4.53. The lowest BCUT2D eigenvalue weighted by Crippen LogP contribution is -2.13. The Bertz CT molecular complexity index is 112. The highest BCUT2D eigenvalue weighted by molar-refractivity contribution is 6.58. The highest BCUT2D eigenvalue weighted by atomic mass is 19.4. The fraction of sp³-hybridized carbons (Fsp3) is 1.00. The smallest absolute Gasteiger partial charge is 0.449 e. The van der Waals surface area contributed by atoms with Gasteiger partial charge in [-0.15, -0.1) is 0 Å². The Morgan fingerprint density at radius 1 is 0.769 bits per heavy atom. The molecule has 0 saturated carbocycles. The van der Waals surface area contributed by atoms with Crippen LogP contribution in [0.25, 0.3) is 0 Å². The number of unbranched alkanes of at least 4 members (excludes halogenated alkanes) is 6. The molecule has 0 rings (SSSR count). The Hall–Kier alpha value is -0.145. The normalized spacial score (nSPS) is 12.0. The summed E-state index contributed by atoms with van der Waals surface area (Å²) in [7, 11) is 0. The first-order valence-electron chi connectivity index (χ1n) is 5.27. The van der Waals surface area contributed by atoms with Crippen molar-refractivity contribution in [2.45, 2.75) is 58.2 Å². The van der Waals surface area contributed by atoms with Crippen molar-refractivity contribution in [1.29, 1.82) is 0 Å². The lowest BCUT2D eigenvalue weighted by molar-refractivity contribution is 0.458. The molecule has 0 spiro atoms. The molecule has 0 aliphatic rings. The summed E-state index contributed by atoms with van der Waals surface area (Å²) in [5.41, 5.74) is 0. The van der Waals surface area contributed by atoms with Gasteiger partial charge in [0.05, 0.1) is 0 Å². The van der Waals surface area contributed by atoms with E-state index in [1.165, 1.54) is 19.3 Å². The van der Waals surface area contributed by atoms with Gasteiger partial charge in [-0.2, -0.15) is 0 Å². The highest BCUT2D eigenvalue weighted by Crippen LogP contribution is 2.19. The molecule has 0 bridgehead atoms. The van der Waals surface area contributed by atoms with Gasteiger partial charge < -0.3 is 12.9 Å². The number of hydrogen-bond donors (Lipinski definition) is 0. The van der Waals surface area contributed by atoms with Crippen molar-refractivity contribution in [3.8, 4) is 0 Å². The highest BCUT2D eigenvalue weighted by Gasteiger charge is 2.21. The van der Waals surface area contributed by atoms with Crippen molar-refractivity contribution in [3.63, 3.8) is 0 Å².